The van der Waals surface area contributed by atoms with Gasteiger partial charge in [0, 0.05) is 25.0 Å². The van der Waals surface area contributed by atoms with Crippen LogP contribution in [0.4, 0.5) is 5.69 Å². The Morgan fingerprint density at radius 3 is 2.78 bits per heavy atom. The molecule has 0 saturated heterocycles. The van der Waals surface area contributed by atoms with E-state index in [1.165, 1.54) is 5.57 Å². The highest BCUT2D eigenvalue weighted by Crippen LogP contribution is 2.13. The lowest BCUT2D eigenvalue weighted by molar-refractivity contribution is 0.282. The van der Waals surface area contributed by atoms with Crippen LogP contribution in [0, 0.1) is 0 Å². The molecule has 1 aromatic carbocycles. The second-order valence-corrected chi connectivity index (χ2v) is 4.54. The van der Waals surface area contributed by atoms with Crippen LogP contribution >= 0.6 is 0 Å². The fourth-order valence-corrected chi connectivity index (χ4v) is 1.94. The van der Waals surface area contributed by atoms with E-state index in [4.69, 9.17) is 10.5 Å². The summed E-state index contributed by atoms with van der Waals surface area (Å²) in [4.78, 5) is 2.31. The zero-order chi connectivity index (χ0) is 12.8. The third kappa shape index (κ3) is 3.84. The monoisotopic (exact) mass is 244 g/mol. The van der Waals surface area contributed by atoms with Crippen molar-refractivity contribution in [3.8, 4) is 5.75 Å². The normalized spacial score (nSPS) is 14.5. The van der Waals surface area contributed by atoms with Gasteiger partial charge in [0.15, 0.2) is 0 Å². The van der Waals surface area contributed by atoms with Crippen molar-refractivity contribution in [3.63, 3.8) is 0 Å². The number of nitrogens with two attached hydrogens (primary N) is 1. The molecule has 2 N–H and O–H groups in total. The molecule has 0 radical (unpaired) electrons. The van der Waals surface area contributed by atoms with Crippen LogP contribution in [0.25, 0.3) is 0 Å². The van der Waals surface area contributed by atoms with E-state index in [2.05, 4.69) is 30.2 Å². The number of anilines is 1. The van der Waals surface area contributed by atoms with Gasteiger partial charge in [0.25, 0.3) is 0 Å². The van der Waals surface area contributed by atoms with Crippen molar-refractivity contribution in [2.45, 2.75) is 13.3 Å². The quantitative estimate of drug-likeness (QED) is 0.639. The molecule has 96 valence electrons. The third-order valence-electron chi connectivity index (χ3n) is 2.85. The Balaban J connectivity index is 1.67. The molecule has 0 aromatic heterocycles. The summed E-state index contributed by atoms with van der Waals surface area (Å²) in [6, 6.07) is 7.53. The smallest absolute Gasteiger partial charge is 0.119 e. The third-order valence-corrected chi connectivity index (χ3v) is 2.85. The lowest BCUT2D eigenvalue weighted by atomic mass is 10.2. The Morgan fingerprint density at radius 2 is 2.06 bits per heavy atom. The molecule has 0 fully saturated rings. The van der Waals surface area contributed by atoms with Crippen molar-refractivity contribution >= 4 is 5.69 Å². The molecule has 0 unspecified atom stereocenters. The highest BCUT2D eigenvalue weighted by molar-refractivity contribution is 5.41. The zero-order valence-corrected chi connectivity index (χ0v) is 10.8. The Morgan fingerprint density at radius 1 is 1.28 bits per heavy atom. The Bertz CT molecular complexity index is 434. The SMILES string of the molecule is CC1=CN(CCCOc2ccc(N)cc2)CC=C1. The van der Waals surface area contributed by atoms with Gasteiger partial charge in [-0.15, -0.1) is 0 Å². The average Bonchev–Trinajstić information content (AvgIpc) is 2.37. The lowest BCUT2D eigenvalue weighted by Crippen LogP contribution is -2.22. The van der Waals surface area contributed by atoms with Gasteiger partial charge in [-0.05, 0) is 43.2 Å². The maximum absolute atomic E-state index is 5.66. The first-order valence-corrected chi connectivity index (χ1v) is 6.31. The van der Waals surface area contributed by atoms with Crippen LogP contribution < -0.4 is 10.5 Å². The molecule has 18 heavy (non-hydrogen) atoms. The summed E-state index contributed by atoms with van der Waals surface area (Å²) in [6.45, 7) is 4.88. The zero-order valence-electron chi connectivity index (χ0n) is 10.8. The summed E-state index contributed by atoms with van der Waals surface area (Å²) in [6.07, 6.45) is 7.56. The molecule has 0 amide bonds. The lowest BCUT2D eigenvalue weighted by Gasteiger charge is -2.22. The van der Waals surface area contributed by atoms with Crippen molar-refractivity contribution in [1.29, 1.82) is 0 Å². The number of hydrogen-bond acceptors (Lipinski definition) is 3. The fourth-order valence-electron chi connectivity index (χ4n) is 1.94. The topological polar surface area (TPSA) is 38.5 Å². The highest BCUT2D eigenvalue weighted by atomic mass is 16.5. The van der Waals surface area contributed by atoms with E-state index in [0.717, 1.165) is 37.6 Å². The van der Waals surface area contributed by atoms with Crippen molar-refractivity contribution in [2.24, 2.45) is 0 Å². The number of rotatable bonds is 5. The van der Waals surface area contributed by atoms with E-state index >= 15 is 0 Å². The van der Waals surface area contributed by atoms with Gasteiger partial charge in [-0.1, -0.05) is 12.2 Å². The number of hydrogen-bond donors (Lipinski definition) is 1. The molecule has 1 aliphatic heterocycles. The fraction of sp³-hybridized carbons (Fsp3) is 0.333. The molecular formula is C15H20N2O. The van der Waals surface area contributed by atoms with Crippen LogP contribution in [0.5, 0.6) is 5.75 Å². The van der Waals surface area contributed by atoms with Gasteiger partial charge in [-0.2, -0.15) is 0 Å². The molecule has 0 atom stereocenters. The predicted octanol–water partition coefficient (Wildman–Crippen LogP) is 2.81. The van der Waals surface area contributed by atoms with E-state index in [-0.39, 0.29) is 0 Å². The molecule has 0 spiro atoms. The first-order chi connectivity index (χ1) is 8.74. The molecule has 1 aromatic rings. The summed E-state index contributed by atoms with van der Waals surface area (Å²) in [5.74, 6) is 0.884. The van der Waals surface area contributed by atoms with E-state index in [1.807, 2.05) is 24.3 Å². The van der Waals surface area contributed by atoms with E-state index in [1.54, 1.807) is 0 Å². The first-order valence-electron chi connectivity index (χ1n) is 6.31. The molecule has 1 aliphatic rings. The van der Waals surface area contributed by atoms with Gasteiger partial charge in [0.2, 0.25) is 0 Å². The van der Waals surface area contributed by atoms with Crippen LogP contribution in [0.2, 0.25) is 0 Å². The van der Waals surface area contributed by atoms with Crippen LogP contribution in [0.1, 0.15) is 13.3 Å². The van der Waals surface area contributed by atoms with Gasteiger partial charge < -0.3 is 15.4 Å². The summed E-state index contributed by atoms with van der Waals surface area (Å²) in [7, 11) is 0. The van der Waals surface area contributed by atoms with Crippen molar-refractivity contribution in [1.82, 2.24) is 4.90 Å². The maximum atomic E-state index is 5.66. The molecule has 0 aliphatic carbocycles. The number of benzene rings is 1. The van der Waals surface area contributed by atoms with Gasteiger partial charge >= 0.3 is 0 Å². The Labute approximate surface area is 109 Å². The van der Waals surface area contributed by atoms with Gasteiger partial charge in [-0.3, -0.25) is 0 Å². The summed E-state index contributed by atoms with van der Waals surface area (Å²) in [5, 5.41) is 0. The summed E-state index contributed by atoms with van der Waals surface area (Å²) >= 11 is 0. The predicted molar refractivity (Wildman–Crippen MR) is 75.4 cm³/mol. The summed E-state index contributed by atoms with van der Waals surface area (Å²) in [5.41, 5.74) is 7.69. The molecule has 3 heteroatoms. The molecule has 0 bridgehead atoms. The van der Waals surface area contributed by atoms with E-state index in [0.29, 0.717) is 0 Å². The second-order valence-electron chi connectivity index (χ2n) is 4.54. The molecule has 1 heterocycles. The average molecular weight is 244 g/mol. The Hall–Kier alpha value is -1.90. The van der Waals surface area contributed by atoms with Gasteiger partial charge in [0.1, 0.15) is 5.75 Å². The standard InChI is InChI=1S/C15H20N2O/c1-13-4-2-9-17(12-13)10-3-11-18-15-7-5-14(16)6-8-15/h2,4-8,12H,3,9-11,16H2,1H3. The minimum absolute atomic E-state index is 0.733. The van der Waals surface area contributed by atoms with Crippen molar-refractivity contribution in [3.05, 3.63) is 48.2 Å². The molecule has 0 saturated carbocycles. The largest absolute Gasteiger partial charge is 0.494 e. The Kier molecular flexibility index (Phi) is 4.29. The van der Waals surface area contributed by atoms with Crippen molar-refractivity contribution < 1.29 is 4.74 Å². The highest BCUT2D eigenvalue weighted by Gasteiger charge is 2.02. The summed E-state index contributed by atoms with van der Waals surface area (Å²) < 4.78 is 5.66. The number of nitrogens with zero attached hydrogens (tertiary/aromatic N) is 1. The van der Waals surface area contributed by atoms with Gasteiger partial charge in [0.05, 0.1) is 6.61 Å². The molecule has 3 nitrogen and oxygen atoms in total. The number of nitrogen functional groups attached to an aromatic ring is 1. The first kappa shape index (κ1) is 12.6. The van der Waals surface area contributed by atoms with Crippen LogP contribution in [0.15, 0.2) is 48.2 Å². The van der Waals surface area contributed by atoms with E-state index < -0.39 is 0 Å². The number of allylic oxidation sites excluding steroid dienone is 2. The maximum Gasteiger partial charge on any atom is 0.119 e. The van der Waals surface area contributed by atoms with Crippen LogP contribution in [-0.4, -0.2) is 24.6 Å². The van der Waals surface area contributed by atoms with Crippen molar-refractivity contribution in [2.75, 3.05) is 25.4 Å². The minimum atomic E-state index is 0.733. The van der Waals surface area contributed by atoms with Crippen LogP contribution in [-0.2, 0) is 0 Å². The van der Waals surface area contributed by atoms with Crippen LogP contribution in [0.3, 0.4) is 0 Å². The van der Waals surface area contributed by atoms with E-state index in [9.17, 15) is 0 Å². The number of ether oxygens (including phenoxy) is 1. The second kappa shape index (κ2) is 6.15. The van der Waals surface area contributed by atoms with Gasteiger partial charge in [-0.25, -0.2) is 0 Å². The molecule has 2 rings (SSSR count). The minimum Gasteiger partial charge on any atom is -0.494 e. The molecular weight excluding hydrogens is 224 g/mol.